The number of esters is 1. The molecule has 1 saturated carbocycles. The highest BCUT2D eigenvalue weighted by Gasteiger charge is 2.58. The molecule has 3 aliphatic rings. The van der Waals surface area contributed by atoms with Crippen LogP contribution in [-0.2, 0) is 27.6 Å². The summed E-state index contributed by atoms with van der Waals surface area (Å²) in [4.78, 5) is 36.8. The van der Waals surface area contributed by atoms with Gasteiger partial charge in [0.05, 0.1) is 23.2 Å². The number of benzene rings is 1. The van der Waals surface area contributed by atoms with Crippen LogP contribution in [0.3, 0.4) is 0 Å². The summed E-state index contributed by atoms with van der Waals surface area (Å²) in [6.07, 6.45) is 9.38. The van der Waals surface area contributed by atoms with E-state index in [-0.39, 0.29) is 11.9 Å². The topological polar surface area (TPSA) is 77.3 Å². The van der Waals surface area contributed by atoms with Gasteiger partial charge in [-0.05, 0) is 48.7 Å². The Balaban J connectivity index is 1.14. The van der Waals surface area contributed by atoms with E-state index < -0.39 is 11.0 Å². The molecule has 0 unspecified atom stereocenters. The lowest BCUT2D eigenvalue weighted by Gasteiger charge is -2.26. The summed E-state index contributed by atoms with van der Waals surface area (Å²) >= 11 is 0. The highest BCUT2D eigenvalue weighted by Crippen LogP contribution is 2.52. The van der Waals surface area contributed by atoms with E-state index in [1.54, 1.807) is 12.4 Å². The van der Waals surface area contributed by atoms with Crippen molar-refractivity contribution in [2.75, 3.05) is 13.1 Å². The standard InChI is InChI=1S/C28H24N4O3/c1-31-12-7-19-14-18(2-5-24(19)31)23-4-3-20(15-30-23)27(8-9-27)26(34)32-13-10-28(17-32)22-6-11-29-16-21(22)25(33)35-28/h2-7,11-12,14-16H,8-10,13,17H2,1H3/t28-/m0/s1. The van der Waals surface area contributed by atoms with Crippen LogP contribution >= 0.6 is 0 Å². The number of aryl methyl sites for hydroxylation is 1. The smallest absolute Gasteiger partial charge is 0.341 e. The predicted octanol–water partition coefficient (Wildman–Crippen LogP) is 3.97. The summed E-state index contributed by atoms with van der Waals surface area (Å²) in [7, 11) is 2.04. The second kappa shape index (κ2) is 7.01. The third kappa shape index (κ3) is 2.90. The van der Waals surface area contributed by atoms with E-state index in [4.69, 9.17) is 9.72 Å². The normalized spacial score (nSPS) is 22.0. The number of likely N-dealkylation sites (tertiary alicyclic amines) is 1. The van der Waals surface area contributed by atoms with E-state index in [1.807, 2.05) is 36.3 Å². The van der Waals surface area contributed by atoms with Gasteiger partial charge in [-0.1, -0.05) is 12.1 Å². The number of pyridine rings is 2. The number of carbonyl (C=O) groups excluding carboxylic acids is 2. The lowest BCUT2D eigenvalue weighted by molar-refractivity contribution is -0.134. The van der Waals surface area contributed by atoms with E-state index in [0.29, 0.717) is 25.1 Å². The molecule has 0 radical (unpaired) electrons. The van der Waals surface area contributed by atoms with Crippen molar-refractivity contribution in [3.8, 4) is 11.3 Å². The molecule has 2 aliphatic heterocycles. The quantitative estimate of drug-likeness (QED) is 0.429. The van der Waals surface area contributed by atoms with Crippen molar-refractivity contribution < 1.29 is 14.3 Å². The first-order valence-corrected chi connectivity index (χ1v) is 12.0. The van der Waals surface area contributed by atoms with Gasteiger partial charge in [0.15, 0.2) is 5.60 Å². The Morgan fingerprint density at radius 2 is 1.94 bits per heavy atom. The van der Waals surface area contributed by atoms with Crippen molar-refractivity contribution in [3.05, 3.63) is 83.9 Å². The van der Waals surface area contributed by atoms with E-state index in [1.165, 1.54) is 10.9 Å². The number of nitrogens with zero attached hydrogens (tertiary/aromatic N) is 4. The first-order valence-electron chi connectivity index (χ1n) is 12.0. The first-order chi connectivity index (χ1) is 17.0. The molecule has 7 nitrogen and oxygen atoms in total. The minimum absolute atomic E-state index is 0.105. The Kier molecular flexibility index (Phi) is 4.08. The Bertz CT molecular complexity index is 1520. The molecule has 2 fully saturated rings. The second-order valence-electron chi connectivity index (χ2n) is 10.00. The molecule has 174 valence electrons. The van der Waals surface area contributed by atoms with Gasteiger partial charge in [-0.2, -0.15) is 0 Å². The van der Waals surface area contributed by atoms with Crippen molar-refractivity contribution >= 4 is 22.8 Å². The summed E-state index contributed by atoms with van der Waals surface area (Å²) in [5, 5.41) is 1.18. The van der Waals surface area contributed by atoms with Gasteiger partial charge in [-0.15, -0.1) is 0 Å². The molecule has 1 saturated heterocycles. The number of hydrogen-bond donors (Lipinski definition) is 0. The summed E-state index contributed by atoms with van der Waals surface area (Å²) in [6, 6.07) is 14.4. The molecular formula is C28H24N4O3. The fourth-order valence-electron chi connectivity index (χ4n) is 5.84. The van der Waals surface area contributed by atoms with Crippen LogP contribution < -0.4 is 0 Å². The summed E-state index contributed by atoms with van der Waals surface area (Å²) in [6.45, 7) is 0.956. The maximum Gasteiger partial charge on any atom is 0.341 e. The molecule has 5 heterocycles. The van der Waals surface area contributed by atoms with Gasteiger partial charge in [-0.25, -0.2) is 4.79 Å². The minimum Gasteiger partial charge on any atom is -0.449 e. The van der Waals surface area contributed by atoms with Crippen LogP contribution in [0, 0.1) is 0 Å². The number of ether oxygens (including phenoxy) is 1. The van der Waals surface area contributed by atoms with Crippen LogP contribution in [-0.4, -0.2) is 44.4 Å². The SMILES string of the molecule is Cn1ccc2cc(-c3ccc(C4(C(=O)N5CC[C@@]6(C5)OC(=O)c5cnccc56)CC4)cn3)ccc21. The fourth-order valence-corrected chi connectivity index (χ4v) is 5.84. The van der Waals surface area contributed by atoms with Gasteiger partial charge >= 0.3 is 5.97 Å². The van der Waals surface area contributed by atoms with Crippen molar-refractivity contribution in [2.24, 2.45) is 7.05 Å². The third-order valence-corrected chi connectivity index (χ3v) is 8.00. The monoisotopic (exact) mass is 464 g/mol. The molecule has 0 bridgehead atoms. The average molecular weight is 465 g/mol. The zero-order chi connectivity index (χ0) is 23.8. The molecule has 0 N–H and O–H groups in total. The second-order valence-corrected chi connectivity index (χ2v) is 10.00. The molecular weight excluding hydrogens is 440 g/mol. The maximum absolute atomic E-state index is 13.7. The van der Waals surface area contributed by atoms with Gasteiger partial charge in [0, 0.05) is 66.8 Å². The summed E-state index contributed by atoms with van der Waals surface area (Å²) in [5.41, 5.74) is 4.18. The van der Waals surface area contributed by atoms with Gasteiger partial charge in [0.25, 0.3) is 0 Å². The van der Waals surface area contributed by atoms with E-state index >= 15 is 0 Å². The average Bonchev–Trinajstić information content (AvgIpc) is 3.35. The van der Waals surface area contributed by atoms with E-state index in [0.717, 1.165) is 35.2 Å². The molecule has 1 atom stereocenters. The van der Waals surface area contributed by atoms with Crippen molar-refractivity contribution in [2.45, 2.75) is 30.3 Å². The predicted molar refractivity (Wildman–Crippen MR) is 130 cm³/mol. The Hall–Kier alpha value is -4.00. The van der Waals surface area contributed by atoms with Crippen LogP contribution in [0.4, 0.5) is 0 Å². The molecule has 4 aromatic rings. The van der Waals surface area contributed by atoms with E-state index in [2.05, 4.69) is 40.0 Å². The fraction of sp³-hybridized carbons (Fsp3) is 0.286. The molecule has 1 aliphatic carbocycles. The van der Waals surface area contributed by atoms with Crippen molar-refractivity contribution in [3.63, 3.8) is 0 Å². The number of hydrogen-bond acceptors (Lipinski definition) is 5. The number of amides is 1. The molecule has 1 amide bonds. The zero-order valence-electron chi connectivity index (χ0n) is 19.4. The molecule has 1 aromatic carbocycles. The largest absolute Gasteiger partial charge is 0.449 e. The third-order valence-electron chi connectivity index (χ3n) is 8.00. The number of carbonyl (C=O) groups is 2. The molecule has 7 rings (SSSR count). The number of rotatable bonds is 3. The van der Waals surface area contributed by atoms with Crippen LogP contribution in [0.15, 0.2) is 67.3 Å². The number of fused-ring (bicyclic) bond motifs is 3. The summed E-state index contributed by atoms with van der Waals surface area (Å²) in [5.74, 6) is -0.245. The van der Waals surface area contributed by atoms with Crippen molar-refractivity contribution in [1.82, 2.24) is 19.4 Å². The van der Waals surface area contributed by atoms with Gasteiger partial charge in [-0.3, -0.25) is 14.8 Å². The van der Waals surface area contributed by atoms with Gasteiger partial charge in [0.1, 0.15) is 0 Å². The van der Waals surface area contributed by atoms with Crippen LogP contribution in [0.2, 0.25) is 0 Å². The summed E-state index contributed by atoms with van der Waals surface area (Å²) < 4.78 is 7.91. The molecule has 1 spiro atoms. The van der Waals surface area contributed by atoms with Crippen LogP contribution in [0.1, 0.15) is 40.7 Å². The Morgan fingerprint density at radius 3 is 2.74 bits per heavy atom. The molecule has 3 aromatic heterocycles. The highest BCUT2D eigenvalue weighted by molar-refractivity contribution is 5.95. The zero-order valence-corrected chi connectivity index (χ0v) is 19.4. The first kappa shape index (κ1) is 20.4. The Labute approximate surface area is 202 Å². The van der Waals surface area contributed by atoms with Gasteiger partial charge in [0.2, 0.25) is 5.91 Å². The van der Waals surface area contributed by atoms with Crippen LogP contribution in [0.25, 0.3) is 22.2 Å². The number of aromatic nitrogens is 3. The van der Waals surface area contributed by atoms with E-state index in [9.17, 15) is 9.59 Å². The van der Waals surface area contributed by atoms with Crippen molar-refractivity contribution in [1.29, 1.82) is 0 Å². The lowest BCUT2D eigenvalue weighted by Crippen LogP contribution is -2.40. The lowest BCUT2D eigenvalue weighted by atomic mass is 9.92. The van der Waals surface area contributed by atoms with Gasteiger partial charge < -0.3 is 14.2 Å². The molecule has 35 heavy (non-hydrogen) atoms. The maximum atomic E-state index is 13.7. The Morgan fingerprint density at radius 1 is 1.06 bits per heavy atom. The highest BCUT2D eigenvalue weighted by atomic mass is 16.6. The molecule has 7 heteroatoms. The van der Waals surface area contributed by atoms with Crippen LogP contribution in [0.5, 0.6) is 0 Å². The minimum atomic E-state index is -0.751.